The second-order valence-corrected chi connectivity index (χ2v) is 9.17. The molecule has 0 unspecified atom stereocenters. The van der Waals surface area contributed by atoms with Crippen LogP contribution in [0.25, 0.3) is 11.3 Å². The van der Waals surface area contributed by atoms with Gasteiger partial charge >= 0.3 is 5.97 Å². The maximum Gasteiger partial charge on any atom is 0.305 e. The largest absolute Gasteiger partial charge is 0.469 e. The van der Waals surface area contributed by atoms with Crippen molar-refractivity contribution >= 4 is 46.1 Å². The normalized spacial score (nSPS) is 13.9. The fourth-order valence-corrected chi connectivity index (χ4v) is 4.29. The van der Waals surface area contributed by atoms with Crippen LogP contribution in [0.4, 0.5) is 11.4 Å². The molecule has 1 aliphatic heterocycles. The van der Waals surface area contributed by atoms with E-state index < -0.39 is 0 Å². The fourth-order valence-electron chi connectivity index (χ4n) is 4.12. The molecule has 3 aromatic carbocycles. The molecule has 0 atom stereocenters. The van der Waals surface area contributed by atoms with Crippen LogP contribution in [0, 0.1) is 0 Å². The van der Waals surface area contributed by atoms with Crippen molar-refractivity contribution in [2.45, 2.75) is 19.4 Å². The molecule has 7 heteroatoms. The van der Waals surface area contributed by atoms with Crippen LogP contribution in [-0.4, -0.2) is 38.0 Å². The topological polar surface area (TPSA) is 70.7 Å². The third-order valence-corrected chi connectivity index (χ3v) is 5.99. The molecule has 3 aromatic rings. The Kier molecular flexibility index (Phi) is 7.54. The number of amides is 1. The lowest BCUT2D eigenvalue weighted by atomic mass is 9.98. The van der Waals surface area contributed by atoms with E-state index in [0.29, 0.717) is 34.8 Å². The number of benzene rings is 3. The summed E-state index contributed by atoms with van der Waals surface area (Å²) in [4.78, 5) is 26.7. The van der Waals surface area contributed by atoms with Gasteiger partial charge in [-0.05, 0) is 61.5 Å². The Hall–Kier alpha value is -3.61. The van der Waals surface area contributed by atoms with E-state index in [0.717, 1.165) is 34.5 Å². The quantitative estimate of drug-likeness (QED) is 0.325. The van der Waals surface area contributed by atoms with E-state index in [9.17, 15) is 9.59 Å². The minimum absolute atomic E-state index is 0.191. The zero-order chi connectivity index (χ0) is 24.9. The summed E-state index contributed by atoms with van der Waals surface area (Å²) in [6, 6.07) is 21.4. The van der Waals surface area contributed by atoms with Crippen molar-refractivity contribution in [3.8, 4) is 0 Å². The fraction of sp³-hybridized carbons (Fsp3) is 0.214. The maximum atomic E-state index is 13.1. The number of hydrogen-bond acceptors (Lipinski definition) is 5. The minimum atomic E-state index is -0.242. The van der Waals surface area contributed by atoms with Crippen LogP contribution in [-0.2, 0) is 27.3 Å². The molecule has 180 valence electrons. The summed E-state index contributed by atoms with van der Waals surface area (Å²) in [5.41, 5.74) is 6.65. The minimum Gasteiger partial charge on any atom is -0.469 e. The predicted octanol–water partition coefficient (Wildman–Crippen LogP) is 5.44. The highest BCUT2D eigenvalue weighted by Crippen LogP contribution is 2.39. The number of aryl methyl sites for hydroxylation is 1. The van der Waals surface area contributed by atoms with Crippen molar-refractivity contribution in [2.75, 3.05) is 31.8 Å². The number of rotatable bonds is 8. The second-order valence-electron chi connectivity index (χ2n) is 8.73. The number of carbonyl (C=O) groups is 2. The molecule has 0 fully saturated rings. The van der Waals surface area contributed by atoms with Gasteiger partial charge in [-0.2, -0.15) is 0 Å². The van der Waals surface area contributed by atoms with Crippen LogP contribution in [0.15, 0.2) is 66.7 Å². The Morgan fingerprint density at radius 3 is 2.51 bits per heavy atom. The summed E-state index contributed by atoms with van der Waals surface area (Å²) in [7, 11) is 5.45. The second kappa shape index (κ2) is 10.8. The first-order chi connectivity index (χ1) is 16.8. The van der Waals surface area contributed by atoms with E-state index in [-0.39, 0.29) is 11.9 Å². The molecule has 4 rings (SSSR count). The average molecular weight is 490 g/mol. The van der Waals surface area contributed by atoms with Gasteiger partial charge in [-0.25, -0.2) is 0 Å². The van der Waals surface area contributed by atoms with Crippen molar-refractivity contribution in [2.24, 2.45) is 0 Å². The number of hydrogen-bond donors (Lipinski definition) is 2. The molecule has 0 radical (unpaired) electrons. The van der Waals surface area contributed by atoms with Crippen LogP contribution < -0.4 is 10.6 Å². The van der Waals surface area contributed by atoms with Gasteiger partial charge in [-0.15, -0.1) is 0 Å². The standard InChI is InChI=1S/C28H28ClN3O3/c1-32(2)17-19-5-4-6-22(15-19)30-27(20-10-7-18(8-11-20)9-14-25(33)35-3)26-23-13-12-21(29)16-24(23)31-28(26)34/h4-8,10-13,15-16,30H,9,14,17H2,1-3H3,(H,31,34). The smallest absolute Gasteiger partial charge is 0.305 e. The number of nitrogens with zero attached hydrogens (tertiary/aromatic N) is 1. The molecule has 0 saturated heterocycles. The lowest BCUT2D eigenvalue weighted by Gasteiger charge is -2.17. The van der Waals surface area contributed by atoms with Crippen LogP contribution in [0.1, 0.15) is 28.7 Å². The number of ether oxygens (including phenoxy) is 1. The van der Waals surface area contributed by atoms with Crippen LogP contribution >= 0.6 is 11.6 Å². The van der Waals surface area contributed by atoms with Gasteiger partial charge in [0.1, 0.15) is 0 Å². The molecule has 0 aromatic heterocycles. The molecular formula is C28H28ClN3O3. The van der Waals surface area contributed by atoms with Gasteiger partial charge in [0, 0.05) is 29.2 Å². The van der Waals surface area contributed by atoms with Crippen molar-refractivity contribution in [3.63, 3.8) is 0 Å². The van der Waals surface area contributed by atoms with Crippen molar-refractivity contribution in [3.05, 3.63) is 94.0 Å². The predicted molar refractivity (Wildman–Crippen MR) is 141 cm³/mol. The first-order valence-corrected chi connectivity index (χ1v) is 11.7. The van der Waals surface area contributed by atoms with Gasteiger partial charge in [-0.3, -0.25) is 9.59 Å². The Morgan fingerprint density at radius 2 is 1.80 bits per heavy atom. The number of halogens is 1. The molecule has 0 spiro atoms. The Labute approximate surface area is 210 Å². The summed E-state index contributed by atoms with van der Waals surface area (Å²) >= 11 is 6.16. The Bertz CT molecular complexity index is 1280. The number of methoxy groups -OCH3 is 1. The van der Waals surface area contributed by atoms with Crippen molar-refractivity contribution in [1.82, 2.24) is 4.90 Å². The lowest BCUT2D eigenvalue weighted by Crippen LogP contribution is -2.12. The number of esters is 1. The molecule has 1 aliphatic rings. The van der Waals surface area contributed by atoms with E-state index in [1.165, 1.54) is 7.11 Å². The van der Waals surface area contributed by atoms with E-state index in [1.807, 2.05) is 56.6 Å². The molecule has 6 nitrogen and oxygen atoms in total. The summed E-state index contributed by atoms with van der Waals surface area (Å²) in [5.74, 6) is -0.432. The van der Waals surface area contributed by atoms with Gasteiger partial charge in [-0.1, -0.05) is 54.1 Å². The molecular weight excluding hydrogens is 462 g/mol. The Balaban J connectivity index is 1.75. The first-order valence-electron chi connectivity index (χ1n) is 11.4. The summed E-state index contributed by atoms with van der Waals surface area (Å²) in [5, 5.41) is 7.00. The molecule has 1 amide bonds. The van der Waals surface area contributed by atoms with E-state index >= 15 is 0 Å². The average Bonchev–Trinajstić information content (AvgIpc) is 3.15. The summed E-state index contributed by atoms with van der Waals surface area (Å²) < 4.78 is 4.74. The molecule has 1 heterocycles. The zero-order valence-corrected chi connectivity index (χ0v) is 20.8. The maximum absolute atomic E-state index is 13.1. The Morgan fingerprint density at radius 1 is 1.03 bits per heavy atom. The van der Waals surface area contributed by atoms with Crippen LogP contribution in [0.2, 0.25) is 5.02 Å². The lowest BCUT2D eigenvalue weighted by molar-refractivity contribution is -0.140. The number of fused-ring (bicyclic) bond motifs is 1. The van der Waals surface area contributed by atoms with Crippen LogP contribution in [0.5, 0.6) is 0 Å². The monoisotopic (exact) mass is 489 g/mol. The highest BCUT2D eigenvalue weighted by atomic mass is 35.5. The van der Waals surface area contributed by atoms with Gasteiger partial charge in [0.15, 0.2) is 0 Å². The van der Waals surface area contributed by atoms with E-state index in [4.69, 9.17) is 16.3 Å². The van der Waals surface area contributed by atoms with E-state index in [1.54, 1.807) is 12.1 Å². The van der Waals surface area contributed by atoms with Gasteiger partial charge in [0.2, 0.25) is 0 Å². The van der Waals surface area contributed by atoms with Gasteiger partial charge in [0.25, 0.3) is 5.91 Å². The highest BCUT2D eigenvalue weighted by Gasteiger charge is 2.28. The van der Waals surface area contributed by atoms with E-state index in [2.05, 4.69) is 27.7 Å². The first kappa shape index (κ1) is 24.5. The molecule has 0 saturated carbocycles. The summed E-state index contributed by atoms with van der Waals surface area (Å²) in [6.45, 7) is 0.804. The zero-order valence-electron chi connectivity index (χ0n) is 20.0. The number of carbonyl (C=O) groups excluding carboxylic acids is 2. The SMILES string of the molecule is COC(=O)CCc1ccc(C(Nc2cccc(CN(C)C)c2)=C2C(=O)Nc3cc(Cl)ccc32)cc1. The number of nitrogens with one attached hydrogen (secondary N) is 2. The van der Waals surface area contributed by atoms with Crippen LogP contribution in [0.3, 0.4) is 0 Å². The van der Waals surface area contributed by atoms with Gasteiger partial charge in [0.05, 0.1) is 24.1 Å². The van der Waals surface area contributed by atoms with Gasteiger partial charge < -0.3 is 20.3 Å². The van der Waals surface area contributed by atoms with Crippen molar-refractivity contribution < 1.29 is 14.3 Å². The van der Waals surface area contributed by atoms with Crippen molar-refractivity contribution in [1.29, 1.82) is 0 Å². The number of anilines is 2. The highest BCUT2D eigenvalue weighted by molar-refractivity contribution is 6.38. The molecule has 2 N–H and O–H groups in total. The summed E-state index contributed by atoms with van der Waals surface area (Å²) in [6.07, 6.45) is 0.901. The molecule has 0 bridgehead atoms. The third-order valence-electron chi connectivity index (χ3n) is 5.76. The third kappa shape index (κ3) is 5.91. The molecule has 0 aliphatic carbocycles. The molecule has 35 heavy (non-hydrogen) atoms.